The number of sulfone groups is 1. The lowest BCUT2D eigenvalue weighted by molar-refractivity contribution is -0.120. The predicted molar refractivity (Wildman–Crippen MR) is 106 cm³/mol. The molecule has 1 amide bonds. The Morgan fingerprint density at radius 1 is 1.29 bits per heavy atom. The summed E-state index contributed by atoms with van der Waals surface area (Å²) in [6, 6.07) is 10.3. The Bertz CT molecular complexity index is 1060. The highest BCUT2D eigenvalue weighted by Gasteiger charge is 2.22. The number of benzene rings is 1. The fraction of sp³-hybridized carbons (Fsp3) is 0.263. The molecule has 2 aromatic heterocycles. The first-order valence-electron chi connectivity index (χ1n) is 8.52. The van der Waals surface area contributed by atoms with Gasteiger partial charge in [0.05, 0.1) is 25.1 Å². The number of amides is 1. The van der Waals surface area contributed by atoms with Crippen LogP contribution in [0.1, 0.15) is 17.0 Å². The molecule has 28 heavy (non-hydrogen) atoms. The van der Waals surface area contributed by atoms with Crippen LogP contribution in [0.5, 0.6) is 5.75 Å². The number of thiophene rings is 1. The van der Waals surface area contributed by atoms with Crippen molar-refractivity contribution in [1.29, 1.82) is 0 Å². The van der Waals surface area contributed by atoms with Crippen molar-refractivity contribution >= 4 is 27.1 Å². The molecule has 2 heterocycles. The van der Waals surface area contributed by atoms with Crippen LogP contribution in [0.3, 0.4) is 0 Å². The van der Waals surface area contributed by atoms with Crippen LogP contribution in [0.15, 0.2) is 51.2 Å². The lowest BCUT2D eigenvalue weighted by Crippen LogP contribution is -2.25. The number of methoxy groups -OCH3 is 1. The minimum Gasteiger partial charge on any atom is -0.495 e. The molecule has 0 aliphatic heterocycles. The van der Waals surface area contributed by atoms with E-state index >= 15 is 0 Å². The lowest BCUT2D eigenvalue weighted by atomic mass is 10.1. The van der Waals surface area contributed by atoms with Gasteiger partial charge in [-0.3, -0.25) is 4.79 Å². The van der Waals surface area contributed by atoms with Crippen LogP contribution in [0.4, 0.5) is 0 Å². The highest BCUT2D eigenvalue weighted by Crippen LogP contribution is 2.31. The number of ether oxygens (including phenoxy) is 1. The average Bonchev–Trinajstić information content (AvgIpc) is 3.36. The smallest absolute Gasteiger partial charge is 0.221 e. The van der Waals surface area contributed by atoms with Gasteiger partial charge in [-0.25, -0.2) is 8.42 Å². The molecule has 0 fully saturated rings. The summed E-state index contributed by atoms with van der Waals surface area (Å²) < 4.78 is 36.1. The second-order valence-corrected chi connectivity index (χ2v) is 9.23. The molecule has 3 rings (SSSR count). The van der Waals surface area contributed by atoms with E-state index in [4.69, 9.17) is 9.26 Å². The van der Waals surface area contributed by atoms with Gasteiger partial charge in [-0.2, -0.15) is 0 Å². The molecule has 0 aliphatic rings. The Balaban J connectivity index is 1.73. The molecule has 0 spiro atoms. The van der Waals surface area contributed by atoms with E-state index in [1.165, 1.54) is 24.5 Å². The molecular formula is C19H20N2O5S2. The molecule has 0 unspecified atom stereocenters. The van der Waals surface area contributed by atoms with E-state index in [2.05, 4.69) is 10.5 Å². The summed E-state index contributed by atoms with van der Waals surface area (Å²) in [5.74, 6) is 0.0423. The van der Waals surface area contributed by atoms with E-state index in [1.54, 1.807) is 25.1 Å². The first-order chi connectivity index (χ1) is 13.4. The van der Waals surface area contributed by atoms with E-state index in [0.717, 1.165) is 4.88 Å². The molecule has 9 heteroatoms. The summed E-state index contributed by atoms with van der Waals surface area (Å²) in [4.78, 5) is 13.1. The van der Waals surface area contributed by atoms with Gasteiger partial charge in [-0.1, -0.05) is 11.2 Å². The van der Waals surface area contributed by atoms with Crippen molar-refractivity contribution in [2.24, 2.45) is 0 Å². The number of carbonyl (C=O) groups excluding carboxylic acids is 1. The van der Waals surface area contributed by atoms with Crippen molar-refractivity contribution in [2.45, 2.75) is 24.8 Å². The number of aryl methyl sites for hydroxylation is 1. The van der Waals surface area contributed by atoms with Gasteiger partial charge in [0, 0.05) is 22.9 Å². The normalized spacial score (nSPS) is 11.4. The monoisotopic (exact) mass is 420 g/mol. The predicted octanol–water partition coefficient (Wildman–Crippen LogP) is 3.20. The summed E-state index contributed by atoms with van der Waals surface area (Å²) in [5.41, 5.74) is 1.26. The Hall–Kier alpha value is -2.65. The molecule has 0 saturated carbocycles. The number of hydrogen-bond acceptors (Lipinski definition) is 7. The molecule has 0 atom stereocenters. The van der Waals surface area contributed by atoms with Gasteiger partial charge in [0.1, 0.15) is 10.6 Å². The van der Waals surface area contributed by atoms with Crippen LogP contribution in [-0.2, 0) is 21.2 Å². The van der Waals surface area contributed by atoms with Gasteiger partial charge >= 0.3 is 0 Å². The topological polar surface area (TPSA) is 98.5 Å². The number of aromatic nitrogens is 1. The van der Waals surface area contributed by atoms with Crippen molar-refractivity contribution in [3.05, 3.63) is 52.3 Å². The van der Waals surface area contributed by atoms with Crippen molar-refractivity contribution in [3.8, 4) is 17.1 Å². The summed E-state index contributed by atoms with van der Waals surface area (Å²) >= 11 is 1.53. The largest absolute Gasteiger partial charge is 0.495 e. The Kier molecular flexibility index (Phi) is 6.15. The Morgan fingerprint density at radius 3 is 2.75 bits per heavy atom. The first kappa shape index (κ1) is 20.1. The Morgan fingerprint density at radius 2 is 2.11 bits per heavy atom. The van der Waals surface area contributed by atoms with Crippen molar-refractivity contribution in [1.82, 2.24) is 10.5 Å². The number of nitrogens with one attached hydrogen (secondary N) is 1. The minimum absolute atomic E-state index is 0.0209. The summed E-state index contributed by atoms with van der Waals surface area (Å²) in [6.45, 7) is 2.17. The number of nitrogens with zero attached hydrogens (tertiary/aromatic N) is 1. The van der Waals surface area contributed by atoms with Crippen molar-refractivity contribution in [2.75, 3.05) is 12.9 Å². The average molecular weight is 421 g/mol. The van der Waals surface area contributed by atoms with Crippen molar-refractivity contribution < 1.29 is 22.5 Å². The second kappa shape index (κ2) is 8.57. The summed E-state index contributed by atoms with van der Waals surface area (Å²) in [5, 5.41) is 8.47. The van der Waals surface area contributed by atoms with Crippen LogP contribution < -0.4 is 10.1 Å². The maximum Gasteiger partial charge on any atom is 0.221 e. The minimum atomic E-state index is -3.74. The van der Waals surface area contributed by atoms with Crippen LogP contribution in [0.25, 0.3) is 11.3 Å². The third-order valence-corrected chi connectivity index (χ3v) is 6.66. The van der Waals surface area contributed by atoms with Gasteiger partial charge in [0.25, 0.3) is 0 Å². The molecule has 148 valence electrons. The van der Waals surface area contributed by atoms with Crippen LogP contribution >= 0.6 is 11.3 Å². The van der Waals surface area contributed by atoms with E-state index in [9.17, 15) is 13.2 Å². The number of hydrogen-bond donors (Lipinski definition) is 1. The number of rotatable bonds is 8. The third kappa shape index (κ3) is 4.79. The van der Waals surface area contributed by atoms with E-state index in [0.29, 0.717) is 23.6 Å². The zero-order valence-corrected chi connectivity index (χ0v) is 17.1. The molecule has 0 radical (unpaired) electrons. The van der Waals surface area contributed by atoms with E-state index in [1.807, 2.05) is 17.5 Å². The fourth-order valence-electron chi connectivity index (χ4n) is 2.60. The van der Waals surface area contributed by atoms with Gasteiger partial charge in [-0.05, 0) is 36.6 Å². The van der Waals surface area contributed by atoms with Crippen LogP contribution in [-0.4, -0.2) is 32.3 Å². The second-order valence-electron chi connectivity index (χ2n) is 6.12. The van der Waals surface area contributed by atoms with Crippen molar-refractivity contribution in [3.63, 3.8) is 0 Å². The summed E-state index contributed by atoms with van der Waals surface area (Å²) in [6.07, 6.45) is -0.136. The fourth-order valence-corrected chi connectivity index (χ4v) is 4.68. The van der Waals surface area contributed by atoms with Gasteiger partial charge in [0.2, 0.25) is 5.91 Å². The zero-order chi connectivity index (χ0) is 20.1. The maximum atomic E-state index is 12.8. The van der Waals surface area contributed by atoms with Gasteiger partial charge < -0.3 is 14.6 Å². The van der Waals surface area contributed by atoms with E-state index in [-0.39, 0.29) is 28.7 Å². The van der Waals surface area contributed by atoms with Gasteiger partial charge in [0.15, 0.2) is 15.6 Å². The molecular weight excluding hydrogens is 400 g/mol. The Labute approximate surface area is 167 Å². The molecule has 3 aromatic rings. The number of carbonyl (C=O) groups is 1. The highest BCUT2D eigenvalue weighted by atomic mass is 32.2. The third-order valence-electron chi connectivity index (χ3n) is 4.05. The quantitative estimate of drug-likeness (QED) is 0.601. The molecule has 7 nitrogen and oxygen atoms in total. The molecule has 0 saturated heterocycles. The van der Waals surface area contributed by atoms with Gasteiger partial charge in [-0.15, -0.1) is 11.3 Å². The van der Waals surface area contributed by atoms with Crippen LogP contribution in [0.2, 0.25) is 0 Å². The zero-order valence-electron chi connectivity index (χ0n) is 15.5. The molecule has 0 bridgehead atoms. The first-order valence-corrected chi connectivity index (χ1v) is 11.1. The highest BCUT2D eigenvalue weighted by molar-refractivity contribution is 7.91. The summed E-state index contributed by atoms with van der Waals surface area (Å²) in [7, 11) is -2.34. The van der Waals surface area contributed by atoms with Crippen LogP contribution in [0, 0.1) is 6.92 Å². The van der Waals surface area contributed by atoms with E-state index < -0.39 is 9.84 Å². The SMILES string of the molecule is COc1ccc(-c2cc(C)no2)cc1S(=O)(=O)CCC(=O)NCc1cccs1. The maximum absolute atomic E-state index is 12.8. The molecule has 1 aromatic carbocycles. The molecule has 1 N–H and O–H groups in total. The standard InChI is InChI=1S/C19H20N2O5S2/c1-13-10-17(26-21-13)14-5-6-16(25-2)18(11-14)28(23,24)9-7-19(22)20-12-15-4-3-8-27-15/h3-6,8,10-11H,7,9,12H2,1-2H3,(H,20,22). The molecule has 0 aliphatic carbocycles. The lowest BCUT2D eigenvalue weighted by Gasteiger charge is -2.11.